The van der Waals surface area contributed by atoms with E-state index in [1.54, 1.807) is 15.6 Å². The van der Waals surface area contributed by atoms with Crippen molar-refractivity contribution in [3.05, 3.63) is 29.0 Å². The van der Waals surface area contributed by atoms with E-state index in [9.17, 15) is 10.1 Å². The smallest absolute Gasteiger partial charge is 0.248 e. The Morgan fingerprint density at radius 2 is 2.27 bits per heavy atom. The number of rotatable bonds is 2. The summed E-state index contributed by atoms with van der Waals surface area (Å²) >= 11 is 3.45. The Hall–Kier alpha value is -1.87. The first kappa shape index (κ1) is 13.8. The molecule has 0 N–H and O–H groups in total. The fourth-order valence-corrected chi connectivity index (χ4v) is 4.09. The van der Waals surface area contributed by atoms with Crippen LogP contribution < -0.4 is 4.90 Å². The summed E-state index contributed by atoms with van der Waals surface area (Å²) in [7, 11) is 0. The van der Waals surface area contributed by atoms with Gasteiger partial charge in [0, 0.05) is 22.9 Å². The number of hydrogen-bond acceptors (Lipinski definition) is 3. The second-order valence-corrected chi connectivity index (χ2v) is 7.21. The van der Waals surface area contributed by atoms with Crippen molar-refractivity contribution in [1.82, 2.24) is 9.61 Å². The van der Waals surface area contributed by atoms with Gasteiger partial charge in [-0.2, -0.15) is 10.4 Å². The summed E-state index contributed by atoms with van der Waals surface area (Å²) in [5, 5.41) is 13.9. The van der Waals surface area contributed by atoms with Crippen LogP contribution in [0.1, 0.15) is 26.2 Å². The summed E-state index contributed by atoms with van der Waals surface area (Å²) in [6.07, 6.45) is 6.15. The van der Waals surface area contributed by atoms with E-state index in [1.807, 2.05) is 25.3 Å². The molecule has 1 aliphatic heterocycles. The van der Waals surface area contributed by atoms with E-state index < -0.39 is 5.41 Å². The molecule has 5 nitrogen and oxygen atoms in total. The van der Waals surface area contributed by atoms with E-state index in [0.717, 1.165) is 28.5 Å². The summed E-state index contributed by atoms with van der Waals surface area (Å²) in [6.45, 7) is 2.02. The fourth-order valence-electron chi connectivity index (χ4n) is 3.68. The summed E-state index contributed by atoms with van der Waals surface area (Å²) in [5.41, 5.74) is 0.874. The quantitative estimate of drug-likeness (QED) is 0.828. The van der Waals surface area contributed by atoms with Crippen molar-refractivity contribution in [2.75, 3.05) is 4.90 Å². The molecule has 2 atom stereocenters. The molecule has 2 aromatic heterocycles. The molecule has 1 saturated heterocycles. The van der Waals surface area contributed by atoms with Crippen LogP contribution in [0, 0.1) is 22.7 Å². The van der Waals surface area contributed by atoms with Gasteiger partial charge in [-0.15, -0.1) is 0 Å². The average Bonchev–Trinajstić information content (AvgIpc) is 3.21. The van der Waals surface area contributed by atoms with E-state index in [1.165, 1.54) is 0 Å². The minimum absolute atomic E-state index is 0.0209. The van der Waals surface area contributed by atoms with Crippen molar-refractivity contribution in [3.63, 3.8) is 0 Å². The first-order valence-corrected chi connectivity index (χ1v) is 8.24. The van der Waals surface area contributed by atoms with Gasteiger partial charge in [0.1, 0.15) is 5.41 Å². The van der Waals surface area contributed by atoms with Crippen molar-refractivity contribution >= 4 is 33.0 Å². The molecule has 0 radical (unpaired) electrons. The highest BCUT2D eigenvalue weighted by atomic mass is 79.9. The first-order valence-electron chi connectivity index (χ1n) is 7.44. The normalized spacial score (nSPS) is 28.3. The van der Waals surface area contributed by atoms with Crippen LogP contribution in [0.25, 0.3) is 5.52 Å². The number of anilines is 1. The van der Waals surface area contributed by atoms with Crippen LogP contribution in [0.2, 0.25) is 0 Å². The van der Waals surface area contributed by atoms with Gasteiger partial charge in [-0.1, -0.05) is 0 Å². The van der Waals surface area contributed by atoms with Crippen molar-refractivity contribution in [1.29, 1.82) is 5.26 Å². The molecule has 3 heterocycles. The molecule has 0 spiro atoms. The van der Waals surface area contributed by atoms with Crippen LogP contribution in [0.3, 0.4) is 0 Å². The summed E-state index contributed by atoms with van der Waals surface area (Å²) in [4.78, 5) is 14.9. The Morgan fingerprint density at radius 3 is 2.95 bits per heavy atom. The van der Waals surface area contributed by atoms with Gasteiger partial charge >= 0.3 is 0 Å². The molecule has 1 amide bonds. The lowest BCUT2D eigenvalue weighted by Crippen LogP contribution is -2.37. The van der Waals surface area contributed by atoms with Crippen molar-refractivity contribution < 1.29 is 4.79 Å². The summed E-state index contributed by atoms with van der Waals surface area (Å²) in [5.74, 6) is 0.184. The Morgan fingerprint density at radius 1 is 1.50 bits per heavy atom. The highest BCUT2D eigenvalue weighted by Crippen LogP contribution is 2.53. The number of hydrogen-bond donors (Lipinski definition) is 0. The lowest BCUT2D eigenvalue weighted by Gasteiger charge is -2.23. The average molecular weight is 359 g/mol. The van der Waals surface area contributed by atoms with Crippen LogP contribution >= 0.6 is 15.9 Å². The number of aromatic nitrogens is 2. The molecule has 6 heteroatoms. The molecule has 112 valence electrons. The molecule has 0 bridgehead atoms. The number of nitriles is 1. The number of amides is 1. The van der Waals surface area contributed by atoms with Crippen molar-refractivity contribution in [2.24, 2.45) is 11.3 Å². The Kier molecular flexibility index (Phi) is 2.85. The summed E-state index contributed by atoms with van der Waals surface area (Å²) < 4.78 is 2.67. The van der Waals surface area contributed by atoms with Gasteiger partial charge in [0.05, 0.1) is 17.3 Å². The van der Waals surface area contributed by atoms with Gasteiger partial charge in [-0.3, -0.25) is 4.79 Å². The zero-order valence-electron chi connectivity index (χ0n) is 12.2. The minimum Gasteiger partial charge on any atom is -0.306 e. The minimum atomic E-state index is -0.830. The molecule has 1 saturated carbocycles. The van der Waals surface area contributed by atoms with E-state index in [2.05, 4.69) is 27.1 Å². The van der Waals surface area contributed by atoms with Crippen molar-refractivity contribution in [3.8, 4) is 6.07 Å². The molecule has 4 rings (SSSR count). The largest absolute Gasteiger partial charge is 0.306 e. The van der Waals surface area contributed by atoms with Gasteiger partial charge in [-0.25, -0.2) is 4.52 Å². The van der Waals surface area contributed by atoms with E-state index >= 15 is 0 Å². The molecule has 0 unspecified atom stereocenters. The first-order chi connectivity index (χ1) is 10.6. The molecule has 0 aromatic carbocycles. The van der Waals surface area contributed by atoms with Gasteiger partial charge in [-0.05, 0) is 60.2 Å². The zero-order chi connectivity index (χ0) is 15.5. The lowest BCUT2D eigenvalue weighted by molar-refractivity contribution is -0.123. The van der Waals surface area contributed by atoms with Crippen LogP contribution in [-0.2, 0) is 4.79 Å². The highest BCUT2D eigenvalue weighted by Gasteiger charge is 2.59. The predicted molar refractivity (Wildman–Crippen MR) is 85.2 cm³/mol. The molecule has 1 aliphatic carbocycles. The van der Waals surface area contributed by atoms with Crippen LogP contribution in [0.4, 0.5) is 5.69 Å². The standard InChI is InChI=1S/C16H15BrN4O/c1-10-7-16(9-18,11-2-3-11)15(22)21(10)13-4-5-19-20-8-12(17)6-14(13)20/h4-6,8,10-11H,2-3,7H2,1H3/t10-,16+/m1/s1. The Bertz CT molecular complexity index is 819. The second-order valence-electron chi connectivity index (χ2n) is 6.29. The van der Waals surface area contributed by atoms with Crippen LogP contribution in [-0.4, -0.2) is 21.6 Å². The number of carbonyl (C=O) groups excluding carboxylic acids is 1. The molecular formula is C16H15BrN4O. The maximum atomic E-state index is 13.1. The predicted octanol–water partition coefficient (Wildman–Crippen LogP) is 3.14. The summed E-state index contributed by atoms with van der Waals surface area (Å²) in [6, 6.07) is 6.18. The fraction of sp³-hybridized carbons (Fsp3) is 0.438. The van der Waals surface area contributed by atoms with Gasteiger partial charge in [0.25, 0.3) is 0 Å². The van der Waals surface area contributed by atoms with E-state index in [0.29, 0.717) is 6.42 Å². The second kappa shape index (κ2) is 4.56. The Balaban J connectivity index is 1.85. The molecule has 22 heavy (non-hydrogen) atoms. The van der Waals surface area contributed by atoms with E-state index in [4.69, 9.17) is 0 Å². The monoisotopic (exact) mass is 358 g/mol. The van der Waals surface area contributed by atoms with Gasteiger partial charge < -0.3 is 4.90 Å². The number of fused-ring (bicyclic) bond motifs is 1. The number of carbonyl (C=O) groups is 1. The molecule has 2 aliphatic rings. The zero-order valence-corrected chi connectivity index (χ0v) is 13.7. The van der Waals surface area contributed by atoms with Gasteiger partial charge in [0.15, 0.2) is 0 Å². The third-order valence-electron chi connectivity index (χ3n) is 4.84. The number of nitrogens with zero attached hydrogens (tertiary/aromatic N) is 4. The van der Waals surface area contributed by atoms with Gasteiger partial charge in [0.2, 0.25) is 5.91 Å². The topological polar surface area (TPSA) is 61.4 Å². The molecule has 2 aromatic rings. The maximum absolute atomic E-state index is 13.1. The molecule has 2 fully saturated rings. The number of halogens is 1. The van der Waals surface area contributed by atoms with Crippen LogP contribution in [0.5, 0.6) is 0 Å². The van der Waals surface area contributed by atoms with E-state index in [-0.39, 0.29) is 17.9 Å². The van der Waals surface area contributed by atoms with Crippen molar-refractivity contribution in [2.45, 2.75) is 32.2 Å². The molecular weight excluding hydrogens is 344 g/mol. The lowest BCUT2D eigenvalue weighted by atomic mass is 9.81. The third-order valence-corrected chi connectivity index (χ3v) is 5.28. The SMILES string of the molecule is C[C@@H]1C[C@](C#N)(C2CC2)C(=O)N1c1ccnn2cc(Br)cc12. The Labute approximate surface area is 136 Å². The van der Waals surface area contributed by atoms with Crippen LogP contribution in [0.15, 0.2) is 29.0 Å². The highest BCUT2D eigenvalue weighted by molar-refractivity contribution is 9.10. The maximum Gasteiger partial charge on any atom is 0.248 e. The third kappa shape index (κ3) is 1.75.